The molecule has 34 heavy (non-hydrogen) atoms. The van der Waals surface area contributed by atoms with Crippen molar-refractivity contribution in [2.24, 2.45) is 5.92 Å². The number of H-pyrrole nitrogens is 1. The Hall–Kier alpha value is -4.26. The molecule has 2 N–H and O–H groups in total. The molecule has 4 aromatic rings. The van der Waals surface area contributed by atoms with E-state index in [9.17, 15) is 4.79 Å². The summed E-state index contributed by atoms with van der Waals surface area (Å²) in [4.78, 5) is 13.2. The van der Waals surface area contributed by atoms with Gasteiger partial charge in [-0.25, -0.2) is 0 Å². The number of amides is 1. The number of hydrogen-bond donors (Lipinski definition) is 2. The highest BCUT2D eigenvalue weighted by Crippen LogP contribution is 2.34. The number of nitrogens with one attached hydrogen (secondary N) is 2. The maximum atomic E-state index is 13.2. The summed E-state index contributed by atoms with van der Waals surface area (Å²) in [6.07, 6.45) is 4.14. The highest BCUT2D eigenvalue weighted by molar-refractivity contribution is 5.95. The number of aromatic amines is 1. The molecule has 1 aromatic heterocycles. The van der Waals surface area contributed by atoms with Gasteiger partial charge in [0.25, 0.3) is 0 Å². The first-order valence-electron chi connectivity index (χ1n) is 11.1. The number of nitrogens with zero attached hydrogens (tertiary/aromatic N) is 1. The van der Waals surface area contributed by atoms with E-state index in [1.54, 1.807) is 13.3 Å². The molecule has 3 aromatic carbocycles. The van der Waals surface area contributed by atoms with Gasteiger partial charge in [-0.1, -0.05) is 36.4 Å². The fraction of sp³-hybridized carbons (Fsp3) is 0.185. The van der Waals surface area contributed by atoms with Gasteiger partial charge in [0.2, 0.25) is 5.91 Å². The largest absolute Gasteiger partial charge is 0.497 e. The Bertz CT molecular complexity index is 1270. The van der Waals surface area contributed by atoms with Crippen LogP contribution in [0.2, 0.25) is 0 Å². The van der Waals surface area contributed by atoms with Crippen LogP contribution in [-0.4, -0.2) is 29.8 Å². The number of ether oxygens (including phenoxy) is 3. The van der Waals surface area contributed by atoms with Gasteiger partial charge in [-0.2, -0.15) is 5.10 Å². The summed E-state index contributed by atoms with van der Waals surface area (Å²) >= 11 is 0. The van der Waals surface area contributed by atoms with Gasteiger partial charge in [0.05, 0.1) is 24.9 Å². The van der Waals surface area contributed by atoms with E-state index >= 15 is 0 Å². The second kappa shape index (κ2) is 9.70. The minimum absolute atomic E-state index is 0.117. The van der Waals surface area contributed by atoms with Gasteiger partial charge >= 0.3 is 0 Å². The van der Waals surface area contributed by atoms with Crippen molar-refractivity contribution in [3.05, 3.63) is 90.3 Å². The Morgan fingerprint density at radius 2 is 2.00 bits per heavy atom. The lowest BCUT2D eigenvalue weighted by Gasteiger charge is -2.25. The van der Waals surface area contributed by atoms with E-state index in [0.29, 0.717) is 31.1 Å². The van der Waals surface area contributed by atoms with Crippen LogP contribution in [0.3, 0.4) is 0 Å². The molecule has 0 saturated carbocycles. The number of fused-ring (bicyclic) bond motifs is 1. The Labute approximate surface area is 197 Å². The molecule has 1 aliphatic heterocycles. The smallest absolute Gasteiger partial charge is 0.231 e. The highest BCUT2D eigenvalue weighted by atomic mass is 16.5. The monoisotopic (exact) mass is 455 g/mol. The average molecular weight is 456 g/mol. The number of carbonyl (C=O) groups is 1. The minimum atomic E-state index is -0.324. The number of carbonyl (C=O) groups excluding carboxylic acids is 1. The second-order valence-corrected chi connectivity index (χ2v) is 8.15. The van der Waals surface area contributed by atoms with Crippen LogP contribution >= 0.6 is 0 Å². The molecule has 172 valence electrons. The molecule has 0 spiro atoms. The van der Waals surface area contributed by atoms with Crippen molar-refractivity contribution in [2.45, 2.75) is 13.0 Å². The summed E-state index contributed by atoms with van der Waals surface area (Å²) < 4.78 is 17.3. The topological polar surface area (TPSA) is 85.5 Å². The fourth-order valence-electron chi connectivity index (χ4n) is 3.97. The van der Waals surface area contributed by atoms with Crippen molar-refractivity contribution >= 4 is 11.6 Å². The third-order valence-corrected chi connectivity index (χ3v) is 5.85. The van der Waals surface area contributed by atoms with Crippen LogP contribution in [0, 0.1) is 5.92 Å². The summed E-state index contributed by atoms with van der Waals surface area (Å²) in [5, 5.41) is 9.90. The lowest BCUT2D eigenvalue weighted by atomic mass is 9.95. The molecule has 0 saturated heterocycles. The van der Waals surface area contributed by atoms with Gasteiger partial charge in [0.1, 0.15) is 30.5 Å². The molecule has 1 aliphatic rings. The zero-order valence-corrected chi connectivity index (χ0v) is 18.8. The first-order valence-corrected chi connectivity index (χ1v) is 11.1. The van der Waals surface area contributed by atoms with Crippen molar-refractivity contribution in [2.75, 3.05) is 19.0 Å². The van der Waals surface area contributed by atoms with Gasteiger partial charge in [0, 0.05) is 11.8 Å². The molecule has 0 radical (unpaired) electrons. The lowest BCUT2D eigenvalue weighted by molar-refractivity contribution is -0.121. The SMILES string of the molecule is COc1ccc2c(c1)C[C@H](C(=O)Nc1ccc(-c3cn[nH]c3)cc1OCc1ccccc1)CO2. The lowest BCUT2D eigenvalue weighted by Crippen LogP contribution is -2.32. The van der Waals surface area contributed by atoms with Gasteiger partial charge in [-0.3, -0.25) is 9.89 Å². The third kappa shape index (κ3) is 4.73. The van der Waals surface area contributed by atoms with Crippen LogP contribution in [0.1, 0.15) is 11.1 Å². The van der Waals surface area contributed by atoms with E-state index < -0.39 is 0 Å². The van der Waals surface area contributed by atoms with Crippen LogP contribution in [0.4, 0.5) is 5.69 Å². The van der Waals surface area contributed by atoms with E-state index in [1.165, 1.54) is 0 Å². The molecule has 0 unspecified atom stereocenters. The second-order valence-electron chi connectivity index (χ2n) is 8.15. The number of methoxy groups -OCH3 is 1. The molecule has 0 aliphatic carbocycles. The normalized spacial score (nSPS) is 14.6. The zero-order chi connectivity index (χ0) is 23.3. The number of benzene rings is 3. The van der Waals surface area contributed by atoms with Gasteiger partial charge in [0.15, 0.2) is 0 Å². The van der Waals surface area contributed by atoms with E-state index in [2.05, 4.69) is 15.5 Å². The number of rotatable bonds is 7. The van der Waals surface area contributed by atoms with Crippen molar-refractivity contribution in [1.82, 2.24) is 10.2 Å². The summed E-state index contributed by atoms with van der Waals surface area (Å²) in [7, 11) is 1.62. The van der Waals surface area contributed by atoms with Gasteiger partial charge in [-0.05, 0) is 53.4 Å². The molecule has 0 bridgehead atoms. The van der Waals surface area contributed by atoms with E-state index in [4.69, 9.17) is 14.2 Å². The van der Waals surface area contributed by atoms with Crippen LogP contribution in [0.15, 0.2) is 79.1 Å². The number of anilines is 1. The van der Waals surface area contributed by atoms with Crippen molar-refractivity contribution in [3.8, 4) is 28.4 Å². The molecule has 7 nitrogen and oxygen atoms in total. The number of aromatic nitrogens is 2. The van der Waals surface area contributed by atoms with Crippen LogP contribution in [-0.2, 0) is 17.8 Å². The minimum Gasteiger partial charge on any atom is -0.497 e. The first kappa shape index (κ1) is 21.6. The molecule has 1 amide bonds. The van der Waals surface area contributed by atoms with Crippen molar-refractivity contribution in [3.63, 3.8) is 0 Å². The van der Waals surface area contributed by atoms with Crippen LogP contribution < -0.4 is 19.5 Å². The van der Waals surface area contributed by atoms with E-state index in [1.807, 2.05) is 72.9 Å². The van der Waals surface area contributed by atoms with Gasteiger partial charge < -0.3 is 19.5 Å². The molecular weight excluding hydrogens is 430 g/mol. The Morgan fingerprint density at radius 3 is 2.79 bits per heavy atom. The highest BCUT2D eigenvalue weighted by Gasteiger charge is 2.27. The average Bonchev–Trinajstić information content (AvgIpc) is 3.43. The van der Waals surface area contributed by atoms with E-state index in [0.717, 1.165) is 33.8 Å². The molecule has 7 heteroatoms. The molecule has 5 rings (SSSR count). The Balaban J connectivity index is 1.36. The summed E-state index contributed by atoms with van der Waals surface area (Å²) in [6.45, 7) is 0.705. The van der Waals surface area contributed by atoms with Crippen molar-refractivity contribution < 1.29 is 19.0 Å². The standard InChI is InChI=1S/C27H25N3O4/c1-32-23-8-10-25-20(12-23)11-21(17-34-25)27(31)30-24-9-7-19(22-14-28-29-15-22)13-26(24)33-16-18-5-3-2-4-6-18/h2-10,12-15,21H,11,16-17H2,1H3,(H,28,29)(H,30,31)/t21-/m0/s1. The van der Waals surface area contributed by atoms with Gasteiger partial charge in [-0.15, -0.1) is 0 Å². The number of hydrogen-bond acceptors (Lipinski definition) is 5. The zero-order valence-electron chi connectivity index (χ0n) is 18.8. The summed E-state index contributed by atoms with van der Waals surface area (Å²) in [5.41, 5.74) is 4.50. The van der Waals surface area contributed by atoms with Crippen molar-refractivity contribution in [1.29, 1.82) is 0 Å². The maximum absolute atomic E-state index is 13.2. The third-order valence-electron chi connectivity index (χ3n) is 5.85. The van der Waals surface area contributed by atoms with E-state index in [-0.39, 0.29) is 11.8 Å². The fourth-order valence-corrected chi connectivity index (χ4v) is 3.97. The molecule has 1 atom stereocenters. The van der Waals surface area contributed by atoms with Crippen LogP contribution in [0.5, 0.6) is 17.2 Å². The Morgan fingerprint density at radius 1 is 1.12 bits per heavy atom. The molecule has 2 heterocycles. The molecule has 0 fully saturated rings. The summed E-state index contributed by atoms with van der Waals surface area (Å²) in [6, 6.07) is 21.3. The summed E-state index contributed by atoms with van der Waals surface area (Å²) in [5.74, 6) is 1.69. The first-order chi connectivity index (χ1) is 16.7. The predicted molar refractivity (Wildman–Crippen MR) is 129 cm³/mol. The quantitative estimate of drug-likeness (QED) is 0.416. The maximum Gasteiger partial charge on any atom is 0.231 e. The predicted octanol–water partition coefficient (Wildman–Crippen LogP) is 4.85. The molecular formula is C27H25N3O4. The Kier molecular flexibility index (Phi) is 6.16. The van der Waals surface area contributed by atoms with Crippen LogP contribution in [0.25, 0.3) is 11.1 Å².